The number of guanidine groups is 1. The molecule has 1 aromatic rings. The van der Waals surface area contributed by atoms with Crippen LogP contribution in [0.1, 0.15) is 38.8 Å². The molecule has 0 spiro atoms. The summed E-state index contributed by atoms with van der Waals surface area (Å²) in [4.78, 5) is 8.45. The Morgan fingerprint density at radius 3 is 2.58 bits per heavy atom. The molecule has 0 bridgehead atoms. The summed E-state index contributed by atoms with van der Waals surface area (Å²) in [7, 11) is 3.40. The van der Waals surface area contributed by atoms with Crippen molar-refractivity contribution in [1.29, 1.82) is 0 Å². The highest BCUT2D eigenvalue weighted by atomic mass is 127. The van der Waals surface area contributed by atoms with E-state index in [0.717, 1.165) is 24.7 Å². The Balaban J connectivity index is 0.00000529. The van der Waals surface area contributed by atoms with Gasteiger partial charge in [-0.05, 0) is 6.42 Å². The number of aromatic nitrogens is 1. The summed E-state index contributed by atoms with van der Waals surface area (Å²) < 4.78 is 16.1. The number of halogens is 1. The van der Waals surface area contributed by atoms with E-state index in [1.807, 2.05) is 0 Å². The molecule has 0 aliphatic carbocycles. The lowest BCUT2D eigenvalue weighted by atomic mass is 9.94. The van der Waals surface area contributed by atoms with Gasteiger partial charge in [0.2, 0.25) is 5.89 Å². The third-order valence-corrected chi connectivity index (χ3v) is 3.11. The minimum absolute atomic E-state index is 0. The molecule has 0 radical (unpaired) electrons. The molecule has 8 heteroatoms. The van der Waals surface area contributed by atoms with Crippen molar-refractivity contribution in [3.05, 3.63) is 17.8 Å². The van der Waals surface area contributed by atoms with Gasteiger partial charge in [-0.1, -0.05) is 20.8 Å². The first kappa shape index (κ1) is 23.1. The van der Waals surface area contributed by atoms with Crippen LogP contribution in [0.15, 0.2) is 15.6 Å². The Morgan fingerprint density at radius 1 is 1.25 bits per heavy atom. The van der Waals surface area contributed by atoms with E-state index < -0.39 is 0 Å². The van der Waals surface area contributed by atoms with Crippen molar-refractivity contribution in [3.63, 3.8) is 0 Å². The van der Waals surface area contributed by atoms with E-state index in [-0.39, 0.29) is 29.4 Å². The third kappa shape index (κ3) is 9.43. The van der Waals surface area contributed by atoms with Gasteiger partial charge in [-0.15, -0.1) is 24.0 Å². The van der Waals surface area contributed by atoms with Crippen molar-refractivity contribution in [2.75, 3.05) is 40.5 Å². The first-order valence-corrected chi connectivity index (χ1v) is 7.93. The monoisotopic (exact) mass is 454 g/mol. The van der Waals surface area contributed by atoms with Gasteiger partial charge in [0.15, 0.2) is 5.96 Å². The van der Waals surface area contributed by atoms with Crippen LogP contribution in [0.3, 0.4) is 0 Å². The maximum Gasteiger partial charge on any atom is 0.213 e. The van der Waals surface area contributed by atoms with E-state index >= 15 is 0 Å². The molecule has 0 aliphatic heterocycles. The van der Waals surface area contributed by atoms with E-state index in [2.05, 4.69) is 41.4 Å². The summed E-state index contributed by atoms with van der Waals surface area (Å²) in [6.45, 7) is 9.53. The summed E-state index contributed by atoms with van der Waals surface area (Å²) in [5.41, 5.74) is -0.0337. The zero-order valence-corrected chi connectivity index (χ0v) is 17.7. The molecule has 0 atom stereocenters. The van der Waals surface area contributed by atoms with Crippen LogP contribution in [0.4, 0.5) is 0 Å². The van der Waals surface area contributed by atoms with E-state index in [9.17, 15) is 0 Å². The smallest absolute Gasteiger partial charge is 0.213 e. The SMILES string of the molecule is CN=C(NCCCOCCOC)NCc1ncc(C(C)(C)C)o1.I. The predicted molar refractivity (Wildman–Crippen MR) is 106 cm³/mol. The summed E-state index contributed by atoms with van der Waals surface area (Å²) in [5.74, 6) is 2.25. The number of nitrogens with zero attached hydrogens (tertiary/aromatic N) is 2. The minimum atomic E-state index is -0.0337. The second kappa shape index (κ2) is 12.5. The Bertz CT molecular complexity index is 472. The number of ether oxygens (including phenoxy) is 2. The molecule has 140 valence electrons. The number of methoxy groups -OCH3 is 1. The quantitative estimate of drug-likeness (QED) is 0.258. The van der Waals surface area contributed by atoms with Gasteiger partial charge >= 0.3 is 0 Å². The topological polar surface area (TPSA) is 80.9 Å². The normalized spacial score (nSPS) is 12.0. The van der Waals surface area contributed by atoms with Gasteiger partial charge < -0.3 is 24.5 Å². The van der Waals surface area contributed by atoms with Crippen molar-refractivity contribution in [3.8, 4) is 0 Å². The average Bonchev–Trinajstić information content (AvgIpc) is 2.98. The molecule has 2 N–H and O–H groups in total. The number of aliphatic imine (C=N–C) groups is 1. The van der Waals surface area contributed by atoms with Crippen molar-refractivity contribution in [2.24, 2.45) is 4.99 Å². The summed E-state index contributed by atoms with van der Waals surface area (Å²) in [5, 5.41) is 6.41. The standard InChI is InChI=1S/C16H30N4O3.HI/c1-16(2,3)13-11-19-14(23-13)12-20-15(17-4)18-7-6-8-22-10-9-21-5;/h11H,6-10,12H2,1-5H3,(H2,17,18,20);1H. The maximum atomic E-state index is 5.74. The van der Waals surface area contributed by atoms with Crippen molar-refractivity contribution in [1.82, 2.24) is 15.6 Å². The average molecular weight is 454 g/mol. The first-order valence-electron chi connectivity index (χ1n) is 7.93. The number of hydrogen-bond acceptors (Lipinski definition) is 5. The fourth-order valence-electron chi connectivity index (χ4n) is 1.74. The van der Waals surface area contributed by atoms with Crippen LogP contribution < -0.4 is 10.6 Å². The fraction of sp³-hybridized carbons (Fsp3) is 0.750. The molecule has 0 aliphatic rings. The highest BCUT2D eigenvalue weighted by molar-refractivity contribution is 14.0. The van der Waals surface area contributed by atoms with Gasteiger partial charge in [0.1, 0.15) is 5.76 Å². The van der Waals surface area contributed by atoms with Gasteiger partial charge in [0, 0.05) is 32.7 Å². The fourth-order valence-corrected chi connectivity index (χ4v) is 1.74. The molecule has 0 unspecified atom stereocenters. The lowest BCUT2D eigenvalue weighted by Gasteiger charge is -2.13. The minimum Gasteiger partial charge on any atom is -0.443 e. The van der Waals surface area contributed by atoms with Crippen LogP contribution in [0, 0.1) is 0 Å². The number of nitrogens with one attached hydrogen (secondary N) is 2. The van der Waals surface area contributed by atoms with E-state index in [0.29, 0.717) is 32.3 Å². The van der Waals surface area contributed by atoms with Gasteiger partial charge in [-0.3, -0.25) is 4.99 Å². The van der Waals surface area contributed by atoms with E-state index in [1.165, 1.54) is 0 Å². The van der Waals surface area contributed by atoms with Crippen LogP contribution in [-0.4, -0.2) is 51.5 Å². The van der Waals surface area contributed by atoms with Gasteiger partial charge in [-0.2, -0.15) is 0 Å². The molecule has 7 nitrogen and oxygen atoms in total. The van der Waals surface area contributed by atoms with Crippen LogP contribution in [-0.2, 0) is 21.4 Å². The maximum absolute atomic E-state index is 5.74. The van der Waals surface area contributed by atoms with Gasteiger partial charge in [-0.25, -0.2) is 4.98 Å². The van der Waals surface area contributed by atoms with Crippen LogP contribution in [0.25, 0.3) is 0 Å². The molecule has 0 saturated carbocycles. The number of hydrogen-bond donors (Lipinski definition) is 2. The highest BCUT2D eigenvalue weighted by Gasteiger charge is 2.19. The van der Waals surface area contributed by atoms with Gasteiger partial charge in [0.25, 0.3) is 0 Å². The molecule has 1 aromatic heterocycles. The molecule has 1 rings (SSSR count). The summed E-state index contributed by atoms with van der Waals surface area (Å²) in [6, 6.07) is 0. The second-order valence-corrected chi connectivity index (χ2v) is 6.18. The van der Waals surface area contributed by atoms with Gasteiger partial charge in [0.05, 0.1) is 26.0 Å². The Morgan fingerprint density at radius 2 is 2.00 bits per heavy atom. The highest BCUT2D eigenvalue weighted by Crippen LogP contribution is 2.22. The largest absolute Gasteiger partial charge is 0.443 e. The zero-order valence-electron chi connectivity index (χ0n) is 15.3. The molecule has 0 saturated heterocycles. The molecule has 0 fully saturated rings. The lowest BCUT2D eigenvalue weighted by Crippen LogP contribution is -2.37. The summed E-state index contributed by atoms with van der Waals surface area (Å²) in [6.07, 6.45) is 2.68. The summed E-state index contributed by atoms with van der Waals surface area (Å²) >= 11 is 0. The zero-order chi connectivity index (χ0) is 17.1. The van der Waals surface area contributed by atoms with E-state index in [1.54, 1.807) is 20.4 Å². The first-order chi connectivity index (χ1) is 11.0. The van der Waals surface area contributed by atoms with Crippen LogP contribution in [0.5, 0.6) is 0 Å². The third-order valence-electron chi connectivity index (χ3n) is 3.11. The molecule has 24 heavy (non-hydrogen) atoms. The Labute approximate surface area is 162 Å². The van der Waals surface area contributed by atoms with Crippen molar-refractivity contribution >= 4 is 29.9 Å². The predicted octanol–water partition coefficient (Wildman–Crippen LogP) is 2.31. The second-order valence-electron chi connectivity index (χ2n) is 6.18. The Kier molecular flexibility index (Phi) is 12.0. The van der Waals surface area contributed by atoms with Crippen molar-refractivity contribution in [2.45, 2.75) is 39.2 Å². The molecular formula is C16H31IN4O3. The number of oxazole rings is 1. The van der Waals surface area contributed by atoms with Crippen LogP contribution >= 0.6 is 24.0 Å². The number of rotatable bonds is 9. The van der Waals surface area contributed by atoms with E-state index in [4.69, 9.17) is 13.9 Å². The molecular weight excluding hydrogens is 423 g/mol. The lowest BCUT2D eigenvalue weighted by molar-refractivity contribution is 0.0698. The van der Waals surface area contributed by atoms with Crippen LogP contribution in [0.2, 0.25) is 0 Å². The Hall–Kier alpha value is -0.870. The molecule has 0 amide bonds. The molecule has 1 heterocycles. The molecule has 0 aromatic carbocycles. The van der Waals surface area contributed by atoms with Crippen molar-refractivity contribution < 1.29 is 13.9 Å².